The fourth-order valence-electron chi connectivity index (χ4n) is 16.2. The predicted molar refractivity (Wildman–Crippen MR) is 293 cm³/mol. The molecule has 13 N–H and O–H groups in total. The van der Waals surface area contributed by atoms with Crippen LogP contribution >= 0.6 is 0 Å². The van der Waals surface area contributed by atoms with Crippen molar-refractivity contribution in [2.24, 2.45) is 46.3 Å². The summed E-state index contributed by atoms with van der Waals surface area (Å²) in [6.45, 7) is 15.6. The van der Waals surface area contributed by atoms with Crippen LogP contribution in [0.25, 0.3) is 0 Å². The quantitative estimate of drug-likeness (QED) is 0.0544. The maximum atomic E-state index is 13.2. The van der Waals surface area contributed by atoms with Gasteiger partial charge in [-0.15, -0.1) is 0 Å². The zero-order valence-electron chi connectivity index (χ0n) is 50.3. The number of aliphatic hydroxyl groups is 12. The molecule has 0 spiro atoms. The van der Waals surface area contributed by atoms with E-state index in [1.165, 1.54) is 26.3 Å². The number of ketones is 1. The summed E-state index contributed by atoms with van der Waals surface area (Å²) in [6, 6.07) is 0. The van der Waals surface area contributed by atoms with Gasteiger partial charge in [-0.25, -0.2) is 4.18 Å². The number of rotatable bonds is 19. The molecule has 5 saturated heterocycles. The van der Waals surface area contributed by atoms with Gasteiger partial charge in [-0.2, -0.15) is 8.42 Å². The summed E-state index contributed by atoms with van der Waals surface area (Å²) >= 11 is 0. The van der Waals surface area contributed by atoms with Crippen LogP contribution in [-0.2, 0) is 66.7 Å². The second-order valence-electron chi connectivity index (χ2n) is 27.0. The van der Waals surface area contributed by atoms with Crippen molar-refractivity contribution in [2.75, 3.05) is 6.61 Å². The SMILES string of the molecule is CC[C@H]1O[C@@H](O[C@H]2[C@H](O)[C@@H](O[C@@H]3O[C@H](C)[C@@H](O)[C@H](O)[C@H]3O)[C@H](O[C@H]3[C@@H](O)[C@@H](CO)O[C@@H](O[C@H]4C[C@@H]5C(=CC[C@]6(C)[C@@H]([C@H](C)CC(=O)CC(C)C)CC[C@@H]56)[C@@]5(C)CC[C@H](OS(=O)(=O)O)C[C@H]45)[C@@H]3O)O[C@@H]2C)[C@H](O[C@@H]2O[C@H](C)[C@H](O)[C@H](O)[C@H]2O)[C@@H](O)[C@H]1O. The first-order valence-corrected chi connectivity index (χ1v) is 32.2. The Balaban J connectivity index is 1.00. The lowest BCUT2D eigenvalue weighted by molar-refractivity contribution is -0.407. The Hall–Kier alpha value is -1.60. The highest BCUT2D eigenvalue weighted by Crippen LogP contribution is 2.67. The normalized spacial score (nSPS) is 51.3. The Labute approximate surface area is 502 Å². The zero-order valence-corrected chi connectivity index (χ0v) is 51.2. The van der Waals surface area contributed by atoms with Gasteiger partial charge < -0.3 is 109 Å². The second kappa shape index (κ2) is 27.2. The average Bonchev–Trinajstić information content (AvgIpc) is 1.28. The summed E-state index contributed by atoms with van der Waals surface area (Å²) in [7, 11) is -4.88. The molecular weight excluding hydrogens is 1160 g/mol. The van der Waals surface area contributed by atoms with E-state index in [-0.39, 0.29) is 60.1 Å². The minimum atomic E-state index is -4.88. The number of Topliss-reactive ketones (excluding diaryl/α,β-unsaturated/α-hetero) is 1. The lowest BCUT2D eigenvalue weighted by atomic mass is 9.47. The van der Waals surface area contributed by atoms with Gasteiger partial charge in [-0.05, 0) is 118 Å². The molecule has 9 rings (SSSR count). The lowest BCUT2D eigenvalue weighted by Crippen LogP contribution is -2.68. The maximum absolute atomic E-state index is 13.2. The van der Waals surface area contributed by atoms with E-state index in [2.05, 4.69) is 26.8 Å². The standard InChI is InChI=1S/C58H96O27S/c1-10-34-39(63)43(67)50(83-52-44(68)41(65)37(61)24(5)75-52)56(78-34)81-48-26(7)77-55(51(46(48)70)84-53-45(69)42(66)38(62)25(6)76-53)82-49-40(64)36(21-59)80-54(47(49)71)79-35-20-29-31-12-11-30(23(4)18-27(60)17-22(2)3)57(31,8)16-14-32(29)58(9)15-13-28(19-33(35)58)85-86(72,73)74/h14,22-26,28-31,33-56,59,61-71H,10-13,15-21H2,1-9H3,(H,72,73,74)/t23-,24-,25-,26-,28+,29+,30-,31+,33-,34-,35+,36-,37+,38-,39+,40+,41+,42+,43+,44-,45-,46+,47-,48-,49+,50-,51-,52+,53+,54-,55+,56+,57-,58-/m1/s1. The number of ether oxygens (including phenoxy) is 10. The maximum Gasteiger partial charge on any atom is 0.397 e. The van der Waals surface area contributed by atoms with Crippen molar-refractivity contribution >= 4 is 16.2 Å². The van der Waals surface area contributed by atoms with Crippen molar-refractivity contribution < 1.29 is 131 Å². The van der Waals surface area contributed by atoms with Crippen molar-refractivity contribution in [3.05, 3.63) is 11.6 Å². The van der Waals surface area contributed by atoms with Crippen molar-refractivity contribution in [3.8, 4) is 0 Å². The summed E-state index contributed by atoms with van der Waals surface area (Å²) in [6.07, 6.45) is -36.6. The molecule has 34 atom stereocenters. The summed E-state index contributed by atoms with van der Waals surface area (Å²) in [5.74, 6) is 0.407. The zero-order chi connectivity index (χ0) is 63.0. The molecule has 0 radical (unpaired) electrons. The third-order valence-electron chi connectivity index (χ3n) is 20.9. The molecule has 4 aliphatic carbocycles. The van der Waals surface area contributed by atoms with Crippen molar-refractivity contribution in [3.63, 3.8) is 0 Å². The first-order chi connectivity index (χ1) is 40.3. The Bertz CT molecular complexity index is 2420. The third kappa shape index (κ3) is 13.6. The van der Waals surface area contributed by atoms with Crippen molar-refractivity contribution in [1.29, 1.82) is 0 Å². The molecule has 9 aliphatic rings. The minimum Gasteiger partial charge on any atom is -0.394 e. The van der Waals surface area contributed by atoms with Crippen LogP contribution in [-0.4, -0.2) is 252 Å². The summed E-state index contributed by atoms with van der Waals surface area (Å²) in [4.78, 5) is 13.2. The Morgan fingerprint density at radius 1 is 0.593 bits per heavy atom. The summed E-state index contributed by atoms with van der Waals surface area (Å²) in [5, 5.41) is 135. The molecule has 8 fully saturated rings. The van der Waals surface area contributed by atoms with E-state index < -0.39 is 194 Å². The molecule has 5 aliphatic heterocycles. The molecule has 86 heavy (non-hydrogen) atoms. The van der Waals surface area contributed by atoms with Crippen LogP contribution < -0.4 is 0 Å². The van der Waals surface area contributed by atoms with Gasteiger partial charge in [0.1, 0.15) is 103 Å². The van der Waals surface area contributed by atoms with Gasteiger partial charge in [0.15, 0.2) is 31.5 Å². The van der Waals surface area contributed by atoms with Crippen LogP contribution in [0.4, 0.5) is 0 Å². The molecule has 0 aromatic carbocycles. The van der Waals surface area contributed by atoms with E-state index in [4.69, 9.17) is 51.6 Å². The third-order valence-corrected chi connectivity index (χ3v) is 21.4. The Kier molecular flexibility index (Phi) is 21.7. The Morgan fingerprint density at radius 3 is 1.72 bits per heavy atom. The molecule has 28 heteroatoms. The highest BCUT2D eigenvalue weighted by molar-refractivity contribution is 7.80. The van der Waals surface area contributed by atoms with E-state index in [0.717, 1.165) is 19.3 Å². The van der Waals surface area contributed by atoms with E-state index in [1.807, 2.05) is 13.8 Å². The van der Waals surface area contributed by atoms with Crippen LogP contribution in [0.5, 0.6) is 0 Å². The highest BCUT2D eigenvalue weighted by Gasteiger charge is 2.63. The van der Waals surface area contributed by atoms with Gasteiger partial charge in [-0.1, -0.05) is 53.2 Å². The molecule has 0 amide bonds. The van der Waals surface area contributed by atoms with Gasteiger partial charge in [-0.3, -0.25) is 9.35 Å². The number of allylic oxidation sites excluding steroid dienone is 2. The molecule has 0 aromatic heterocycles. The topological polar surface area (TPSA) is 416 Å². The highest BCUT2D eigenvalue weighted by atomic mass is 32.3. The van der Waals surface area contributed by atoms with Crippen LogP contribution in [0, 0.1) is 46.3 Å². The van der Waals surface area contributed by atoms with E-state index >= 15 is 0 Å². The molecule has 5 heterocycles. The number of fused-ring (bicyclic) bond motifs is 5. The molecule has 496 valence electrons. The van der Waals surface area contributed by atoms with Crippen LogP contribution in [0.3, 0.4) is 0 Å². The molecule has 3 saturated carbocycles. The van der Waals surface area contributed by atoms with Crippen molar-refractivity contribution in [1.82, 2.24) is 0 Å². The number of hydrogen-bond acceptors (Lipinski definition) is 26. The number of carbonyl (C=O) groups excluding carboxylic acids is 1. The second-order valence-corrected chi connectivity index (χ2v) is 28.1. The predicted octanol–water partition coefficient (Wildman–Crippen LogP) is -1.01. The average molecular weight is 1260 g/mol. The smallest absolute Gasteiger partial charge is 0.394 e. The largest absolute Gasteiger partial charge is 0.397 e. The van der Waals surface area contributed by atoms with Crippen LogP contribution in [0.15, 0.2) is 11.6 Å². The minimum absolute atomic E-state index is 0.0687. The van der Waals surface area contributed by atoms with E-state index in [0.29, 0.717) is 25.7 Å². The number of hydrogen-bond donors (Lipinski definition) is 13. The monoisotopic (exact) mass is 1260 g/mol. The van der Waals surface area contributed by atoms with Gasteiger partial charge in [0, 0.05) is 12.8 Å². The number of carbonyl (C=O) groups is 1. The first-order valence-electron chi connectivity index (χ1n) is 30.8. The molecule has 0 unspecified atom stereocenters. The van der Waals surface area contributed by atoms with Crippen LogP contribution in [0.1, 0.15) is 127 Å². The van der Waals surface area contributed by atoms with Crippen molar-refractivity contribution in [2.45, 2.75) is 292 Å². The van der Waals surface area contributed by atoms with Gasteiger partial charge >= 0.3 is 10.4 Å². The molecular formula is C58H96O27S. The van der Waals surface area contributed by atoms with E-state index in [9.17, 15) is 79.0 Å². The lowest BCUT2D eigenvalue weighted by Gasteiger charge is -2.59. The fraction of sp³-hybridized carbons (Fsp3) is 0.948. The summed E-state index contributed by atoms with van der Waals surface area (Å²) in [5.41, 5.74) is 0.393. The molecule has 27 nitrogen and oxygen atoms in total. The summed E-state index contributed by atoms with van der Waals surface area (Å²) < 4.78 is 102. The van der Waals surface area contributed by atoms with Crippen LogP contribution in [0.2, 0.25) is 0 Å². The van der Waals surface area contributed by atoms with Gasteiger partial charge in [0.25, 0.3) is 0 Å². The molecule has 0 aromatic rings. The van der Waals surface area contributed by atoms with E-state index in [1.54, 1.807) is 6.92 Å². The first kappa shape index (κ1) is 68.8. The fourth-order valence-corrected chi connectivity index (χ4v) is 16.8. The number of aliphatic hydroxyl groups excluding tert-OH is 12. The molecule has 0 bridgehead atoms. The van der Waals surface area contributed by atoms with Gasteiger partial charge in [0.2, 0.25) is 0 Å². The van der Waals surface area contributed by atoms with Gasteiger partial charge in [0.05, 0.1) is 43.2 Å². The Morgan fingerprint density at radius 2 is 1.14 bits per heavy atom.